The van der Waals surface area contributed by atoms with Crippen molar-refractivity contribution >= 4 is 17.5 Å². The number of aromatic nitrogens is 2. The molecule has 3 heterocycles. The highest BCUT2D eigenvalue weighted by molar-refractivity contribution is 5.84. The molecular formula is C22H30N6O2. The van der Waals surface area contributed by atoms with E-state index in [1.165, 1.54) is 0 Å². The molecule has 0 spiro atoms. The summed E-state index contributed by atoms with van der Waals surface area (Å²) in [4.78, 5) is 26.0. The molecule has 2 aliphatic rings. The summed E-state index contributed by atoms with van der Waals surface area (Å²) in [6, 6.07) is 8.21. The van der Waals surface area contributed by atoms with Crippen molar-refractivity contribution in [3.05, 3.63) is 41.7 Å². The lowest BCUT2D eigenvalue weighted by Crippen LogP contribution is -2.43. The van der Waals surface area contributed by atoms with Crippen molar-refractivity contribution in [1.82, 2.24) is 20.2 Å². The van der Waals surface area contributed by atoms with E-state index in [9.17, 15) is 4.79 Å². The van der Waals surface area contributed by atoms with Crippen molar-refractivity contribution in [2.75, 3.05) is 44.0 Å². The zero-order chi connectivity index (χ0) is 20.9. The number of hydrogen-bond donors (Lipinski definition) is 2. The fourth-order valence-corrected chi connectivity index (χ4v) is 4.27. The maximum atomic E-state index is 13.0. The molecule has 1 fully saturated rings. The van der Waals surface area contributed by atoms with Gasteiger partial charge in [0.2, 0.25) is 5.91 Å². The Hall–Kier alpha value is -2.87. The van der Waals surface area contributed by atoms with Gasteiger partial charge in [0.25, 0.3) is 0 Å². The van der Waals surface area contributed by atoms with Gasteiger partial charge in [-0.15, -0.1) is 0 Å². The normalized spacial score (nSPS) is 19.7. The molecule has 1 saturated heterocycles. The molecule has 1 atom stereocenters. The standard InChI is InChI=1S/C22H30N6O2/c1-27-14-20(29)28(17-6-4-9-23-10-8-17)13-19-21(25-15-26-22(19)27)24-12-16-5-3-7-18(11-16)30-2/h3,5,7,11,15,17,23H,4,6,8-10,12-14H2,1-2H3,(H,24,25,26). The molecule has 8 nitrogen and oxygen atoms in total. The minimum atomic E-state index is 0.154. The maximum absolute atomic E-state index is 13.0. The number of fused-ring (bicyclic) bond motifs is 1. The smallest absolute Gasteiger partial charge is 0.242 e. The highest BCUT2D eigenvalue weighted by Crippen LogP contribution is 2.30. The van der Waals surface area contributed by atoms with Gasteiger partial charge < -0.3 is 25.2 Å². The number of ether oxygens (including phenoxy) is 1. The summed E-state index contributed by atoms with van der Waals surface area (Å²) >= 11 is 0. The van der Waals surface area contributed by atoms with E-state index in [1.54, 1.807) is 13.4 Å². The number of methoxy groups -OCH3 is 1. The summed E-state index contributed by atoms with van der Waals surface area (Å²) in [5.74, 6) is 2.58. The van der Waals surface area contributed by atoms with Crippen LogP contribution in [-0.4, -0.2) is 60.6 Å². The minimum absolute atomic E-state index is 0.154. The monoisotopic (exact) mass is 410 g/mol. The maximum Gasteiger partial charge on any atom is 0.242 e. The van der Waals surface area contributed by atoms with Crippen LogP contribution >= 0.6 is 0 Å². The zero-order valence-electron chi connectivity index (χ0n) is 17.7. The van der Waals surface area contributed by atoms with E-state index in [2.05, 4.69) is 26.7 Å². The van der Waals surface area contributed by atoms with E-state index >= 15 is 0 Å². The van der Waals surface area contributed by atoms with E-state index in [1.807, 2.05) is 35.0 Å². The van der Waals surface area contributed by atoms with E-state index in [0.717, 1.165) is 60.9 Å². The van der Waals surface area contributed by atoms with Gasteiger partial charge >= 0.3 is 0 Å². The molecular weight excluding hydrogens is 380 g/mol. The van der Waals surface area contributed by atoms with Gasteiger partial charge in [-0.25, -0.2) is 9.97 Å². The number of nitrogens with zero attached hydrogens (tertiary/aromatic N) is 4. The molecule has 1 aromatic heterocycles. The van der Waals surface area contributed by atoms with Gasteiger partial charge in [0.05, 0.1) is 25.8 Å². The van der Waals surface area contributed by atoms with Gasteiger partial charge in [-0.05, 0) is 50.0 Å². The number of carbonyl (C=O) groups excluding carboxylic acids is 1. The van der Waals surface area contributed by atoms with Crippen LogP contribution in [-0.2, 0) is 17.9 Å². The summed E-state index contributed by atoms with van der Waals surface area (Å²) in [6.45, 7) is 3.45. The van der Waals surface area contributed by atoms with Gasteiger partial charge in [-0.3, -0.25) is 4.79 Å². The van der Waals surface area contributed by atoms with Crippen LogP contribution in [0.1, 0.15) is 30.4 Å². The van der Waals surface area contributed by atoms with Crippen LogP contribution in [0.25, 0.3) is 0 Å². The summed E-state index contributed by atoms with van der Waals surface area (Å²) in [7, 11) is 3.59. The molecule has 1 unspecified atom stereocenters. The number of amides is 1. The molecule has 2 aromatic rings. The number of anilines is 2. The number of likely N-dealkylation sites (N-methyl/N-ethyl adjacent to an activating group) is 1. The molecule has 0 bridgehead atoms. The summed E-state index contributed by atoms with van der Waals surface area (Å²) in [6.07, 6.45) is 4.66. The largest absolute Gasteiger partial charge is 0.497 e. The average molecular weight is 411 g/mol. The Bertz CT molecular complexity index is 882. The van der Waals surface area contributed by atoms with Gasteiger partial charge in [-0.2, -0.15) is 0 Å². The molecule has 160 valence electrons. The van der Waals surface area contributed by atoms with Crippen molar-refractivity contribution in [1.29, 1.82) is 0 Å². The van der Waals surface area contributed by atoms with Gasteiger partial charge in [0, 0.05) is 19.6 Å². The lowest BCUT2D eigenvalue weighted by molar-refractivity contribution is -0.132. The second kappa shape index (κ2) is 9.30. The van der Waals surface area contributed by atoms with E-state index < -0.39 is 0 Å². The number of carbonyl (C=O) groups is 1. The topological polar surface area (TPSA) is 82.6 Å². The van der Waals surface area contributed by atoms with Crippen molar-refractivity contribution < 1.29 is 9.53 Å². The summed E-state index contributed by atoms with van der Waals surface area (Å²) in [5.41, 5.74) is 2.08. The first-order valence-electron chi connectivity index (χ1n) is 10.6. The van der Waals surface area contributed by atoms with Crippen LogP contribution in [0.2, 0.25) is 0 Å². The molecule has 0 aliphatic carbocycles. The summed E-state index contributed by atoms with van der Waals surface area (Å²) < 4.78 is 5.32. The first-order chi connectivity index (χ1) is 14.7. The highest BCUT2D eigenvalue weighted by atomic mass is 16.5. The second-order valence-corrected chi connectivity index (χ2v) is 7.94. The molecule has 30 heavy (non-hydrogen) atoms. The fraction of sp³-hybridized carbons (Fsp3) is 0.500. The van der Waals surface area contributed by atoms with E-state index in [-0.39, 0.29) is 11.9 Å². The molecule has 1 amide bonds. The Labute approximate surface area is 177 Å². The molecule has 0 saturated carbocycles. The lowest BCUT2D eigenvalue weighted by atomic mass is 10.1. The SMILES string of the molecule is COc1cccc(CNc2ncnc3c2CN(C2CCCNCC2)C(=O)CN3C)c1. The number of benzene rings is 1. The Kier molecular flexibility index (Phi) is 6.32. The second-order valence-electron chi connectivity index (χ2n) is 7.94. The van der Waals surface area contributed by atoms with Crippen molar-refractivity contribution in [3.63, 3.8) is 0 Å². The Morgan fingerprint density at radius 3 is 3.00 bits per heavy atom. The molecule has 4 rings (SSSR count). The number of rotatable bonds is 5. The first-order valence-corrected chi connectivity index (χ1v) is 10.6. The lowest BCUT2D eigenvalue weighted by Gasteiger charge is -2.30. The predicted molar refractivity (Wildman–Crippen MR) is 117 cm³/mol. The Morgan fingerprint density at radius 2 is 2.13 bits per heavy atom. The molecule has 1 aromatic carbocycles. The quantitative estimate of drug-likeness (QED) is 0.780. The third kappa shape index (κ3) is 4.48. The van der Waals surface area contributed by atoms with Crippen LogP contribution in [0.5, 0.6) is 5.75 Å². The van der Waals surface area contributed by atoms with Gasteiger partial charge in [0.1, 0.15) is 23.7 Å². The van der Waals surface area contributed by atoms with E-state index in [0.29, 0.717) is 19.6 Å². The third-order valence-electron chi connectivity index (χ3n) is 5.89. The van der Waals surface area contributed by atoms with Crippen LogP contribution in [0.3, 0.4) is 0 Å². The van der Waals surface area contributed by atoms with Crippen molar-refractivity contribution in [3.8, 4) is 5.75 Å². The van der Waals surface area contributed by atoms with Gasteiger partial charge in [0.15, 0.2) is 0 Å². The van der Waals surface area contributed by atoms with Crippen LogP contribution in [0.4, 0.5) is 11.6 Å². The number of nitrogens with one attached hydrogen (secondary N) is 2. The van der Waals surface area contributed by atoms with Gasteiger partial charge in [-0.1, -0.05) is 12.1 Å². The third-order valence-corrected chi connectivity index (χ3v) is 5.89. The molecule has 8 heteroatoms. The first kappa shape index (κ1) is 20.4. The minimum Gasteiger partial charge on any atom is -0.497 e. The van der Waals surface area contributed by atoms with Crippen molar-refractivity contribution in [2.45, 2.75) is 38.4 Å². The molecule has 2 N–H and O–H groups in total. The summed E-state index contributed by atoms with van der Waals surface area (Å²) in [5, 5.41) is 6.89. The van der Waals surface area contributed by atoms with Crippen LogP contribution < -0.4 is 20.3 Å². The average Bonchev–Trinajstić information content (AvgIpc) is 3.11. The highest BCUT2D eigenvalue weighted by Gasteiger charge is 2.31. The molecule has 0 radical (unpaired) electrons. The van der Waals surface area contributed by atoms with E-state index in [4.69, 9.17) is 4.74 Å². The Balaban J connectivity index is 1.59. The predicted octanol–water partition coefficient (Wildman–Crippen LogP) is 2.02. The fourth-order valence-electron chi connectivity index (χ4n) is 4.27. The van der Waals surface area contributed by atoms with Crippen molar-refractivity contribution in [2.24, 2.45) is 0 Å². The van der Waals surface area contributed by atoms with Crippen LogP contribution in [0, 0.1) is 0 Å². The number of hydrogen-bond acceptors (Lipinski definition) is 7. The Morgan fingerprint density at radius 1 is 1.23 bits per heavy atom. The molecule has 2 aliphatic heterocycles. The zero-order valence-corrected chi connectivity index (χ0v) is 17.7. The van der Waals surface area contributed by atoms with Crippen LogP contribution in [0.15, 0.2) is 30.6 Å².